The average Bonchev–Trinajstić information content (AvgIpc) is 3.06. The number of ether oxygens (including phenoxy) is 1. The van der Waals surface area contributed by atoms with Crippen molar-refractivity contribution in [1.29, 1.82) is 0 Å². The Labute approximate surface area is 155 Å². The molecule has 0 spiro atoms. The molecule has 0 radical (unpaired) electrons. The Balaban J connectivity index is 1.65. The molecular weight excluding hydrogens is 356 g/mol. The van der Waals surface area contributed by atoms with Crippen molar-refractivity contribution in [2.75, 3.05) is 11.9 Å². The zero-order valence-corrected chi connectivity index (χ0v) is 15.2. The fraction of sp³-hybridized carbons (Fsp3) is 0.158. The molecule has 128 valence electrons. The summed E-state index contributed by atoms with van der Waals surface area (Å²) in [5.74, 6) is 0.693. The van der Waals surface area contributed by atoms with Crippen LogP contribution in [0.15, 0.2) is 53.9 Å². The Hall–Kier alpha value is -2.37. The number of anilines is 1. The lowest BCUT2D eigenvalue weighted by atomic mass is 10.2. The van der Waals surface area contributed by atoms with E-state index in [1.54, 1.807) is 12.1 Å². The van der Waals surface area contributed by atoms with Crippen molar-refractivity contribution < 1.29 is 9.53 Å². The number of rotatable bonds is 6. The maximum atomic E-state index is 12.2. The Morgan fingerprint density at radius 3 is 2.68 bits per heavy atom. The van der Waals surface area contributed by atoms with Crippen LogP contribution in [0.25, 0.3) is 10.6 Å². The summed E-state index contributed by atoms with van der Waals surface area (Å²) in [5.41, 5.74) is 2.35. The summed E-state index contributed by atoms with van der Waals surface area (Å²) in [4.78, 5) is 16.7. The summed E-state index contributed by atoms with van der Waals surface area (Å²) in [6.07, 6.45) is 0.207. The second-order valence-corrected chi connectivity index (χ2v) is 6.57. The second kappa shape index (κ2) is 8.14. The van der Waals surface area contributed by atoms with Crippen LogP contribution in [0.2, 0.25) is 5.02 Å². The molecule has 1 aromatic heterocycles. The summed E-state index contributed by atoms with van der Waals surface area (Å²) in [6, 6.07) is 14.9. The maximum absolute atomic E-state index is 12.2. The van der Waals surface area contributed by atoms with Crippen LogP contribution in [0.4, 0.5) is 5.69 Å². The van der Waals surface area contributed by atoms with Gasteiger partial charge >= 0.3 is 0 Å². The summed E-state index contributed by atoms with van der Waals surface area (Å²) >= 11 is 7.57. The first kappa shape index (κ1) is 17.5. The average molecular weight is 373 g/mol. The van der Waals surface area contributed by atoms with Gasteiger partial charge in [-0.3, -0.25) is 4.79 Å². The number of hydrogen-bond donors (Lipinski definition) is 1. The number of amides is 1. The molecule has 2 aromatic carbocycles. The molecule has 0 saturated heterocycles. The topological polar surface area (TPSA) is 51.2 Å². The molecule has 1 amide bonds. The molecule has 0 aliphatic heterocycles. The third-order valence-corrected chi connectivity index (χ3v) is 4.72. The molecule has 0 aliphatic carbocycles. The molecule has 25 heavy (non-hydrogen) atoms. The number of nitrogens with one attached hydrogen (secondary N) is 1. The summed E-state index contributed by atoms with van der Waals surface area (Å²) in [5, 5.41) is 6.10. The lowest BCUT2D eigenvalue weighted by Gasteiger charge is -2.05. The van der Waals surface area contributed by atoms with Gasteiger partial charge in [0.05, 0.1) is 29.4 Å². The molecule has 0 bridgehead atoms. The van der Waals surface area contributed by atoms with Gasteiger partial charge < -0.3 is 10.1 Å². The van der Waals surface area contributed by atoms with E-state index in [1.807, 2.05) is 48.7 Å². The van der Waals surface area contributed by atoms with Gasteiger partial charge in [0.25, 0.3) is 0 Å². The number of carbonyl (C=O) groups is 1. The lowest BCUT2D eigenvalue weighted by molar-refractivity contribution is -0.115. The van der Waals surface area contributed by atoms with Crippen LogP contribution in [0, 0.1) is 0 Å². The van der Waals surface area contributed by atoms with E-state index in [1.165, 1.54) is 11.3 Å². The lowest BCUT2D eigenvalue weighted by Crippen LogP contribution is -2.14. The maximum Gasteiger partial charge on any atom is 0.230 e. The van der Waals surface area contributed by atoms with Gasteiger partial charge in [-0.2, -0.15) is 0 Å². The Kier molecular flexibility index (Phi) is 5.68. The number of hydrogen-bond acceptors (Lipinski definition) is 4. The van der Waals surface area contributed by atoms with Crippen molar-refractivity contribution in [2.45, 2.75) is 13.3 Å². The highest BCUT2D eigenvalue weighted by atomic mass is 35.5. The van der Waals surface area contributed by atoms with Gasteiger partial charge in [-0.15, -0.1) is 11.3 Å². The van der Waals surface area contributed by atoms with E-state index in [0.717, 1.165) is 22.0 Å². The van der Waals surface area contributed by atoms with Crippen LogP contribution < -0.4 is 10.1 Å². The quantitative estimate of drug-likeness (QED) is 0.659. The highest BCUT2D eigenvalue weighted by Crippen LogP contribution is 2.26. The van der Waals surface area contributed by atoms with Gasteiger partial charge in [0.15, 0.2) is 0 Å². The van der Waals surface area contributed by atoms with E-state index >= 15 is 0 Å². The van der Waals surface area contributed by atoms with Gasteiger partial charge in [0, 0.05) is 10.9 Å². The van der Waals surface area contributed by atoms with Crippen LogP contribution in [-0.2, 0) is 11.2 Å². The Morgan fingerprint density at radius 2 is 1.96 bits per heavy atom. The Bertz CT molecular complexity index is 862. The Morgan fingerprint density at radius 1 is 1.20 bits per heavy atom. The zero-order valence-electron chi connectivity index (χ0n) is 13.7. The highest BCUT2D eigenvalue weighted by Gasteiger charge is 2.10. The number of carbonyl (C=O) groups excluding carboxylic acids is 1. The fourth-order valence-electron chi connectivity index (χ4n) is 2.30. The van der Waals surface area contributed by atoms with Crippen molar-refractivity contribution in [3.8, 4) is 16.3 Å². The molecule has 3 aromatic rings. The first-order chi connectivity index (χ1) is 12.2. The molecule has 1 heterocycles. The first-order valence-corrected chi connectivity index (χ1v) is 9.13. The van der Waals surface area contributed by atoms with Crippen molar-refractivity contribution in [1.82, 2.24) is 4.98 Å². The number of aromatic nitrogens is 1. The van der Waals surface area contributed by atoms with Crippen LogP contribution in [0.3, 0.4) is 0 Å². The molecule has 0 atom stereocenters. The number of nitrogens with zero attached hydrogens (tertiary/aromatic N) is 1. The highest BCUT2D eigenvalue weighted by molar-refractivity contribution is 7.13. The monoisotopic (exact) mass is 372 g/mol. The molecule has 6 heteroatoms. The zero-order chi connectivity index (χ0) is 17.6. The molecule has 1 N–H and O–H groups in total. The van der Waals surface area contributed by atoms with E-state index in [4.69, 9.17) is 16.3 Å². The van der Waals surface area contributed by atoms with Gasteiger partial charge in [-0.1, -0.05) is 23.7 Å². The van der Waals surface area contributed by atoms with E-state index in [-0.39, 0.29) is 12.3 Å². The fourth-order valence-corrected chi connectivity index (χ4v) is 3.31. The molecule has 0 aliphatic rings. The summed E-state index contributed by atoms with van der Waals surface area (Å²) in [7, 11) is 0. The number of benzene rings is 2. The predicted molar refractivity (Wildman–Crippen MR) is 103 cm³/mol. The third kappa shape index (κ3) is 4.59. The first-order valence-electron chi connectivity index (χ1n) is 7.87. The number of thiazole rings is 1. The van der Waals surface area contributed by atoms with Crippen LogP contribution in [0.1, 0.15) is 12.6 Å². The van der Waals surface area contributed by atoms with Crippen LogP contribution >= 0.6 is 22.9 Å². The largest absolute Gasteiger partial charge is 0.494 e. The number of halogens is 1. The van der Waals surface area contributed by atoms with Gasteiger partial charge in [-0.25, -0.2) is 4.98 Å². The van der Waals surface area contributed by atoms with E-state index < -0.39 is 0 Å². The smallest absolute Gasteiger partial charge is 0.230 e. The molecule has 0 saturated carbocycles. The standard InChI is InChI=1S/C19H17ClN2O2S/c1-2-24-15-9-7-13(8-10-15)19-21-14(12-25-19)11-18(23)22-17-6-4-3-5-16(17)20/h3-10,12H,2,11H2,1H3,(H,22,23). The normalized spacial score (nSPS) is 10.5. The number of para-hydroxylation sites is 1. The predicted octanol–water partition coefficient (Wildman–Crippen LogP) is 5.04. The third-order valence-electron chi connectivity index (χ3n) is 3.45. The van der Waals surface area contributed by atoms with Crippen molar-refractivity contribution in [3.05, 3.63) is 64.6 Å². The van der Waals surface area contributed by atoms with Crippen molar-refractivity contribution >= 4 is 34.5 Å². The molecular formula is C19H17ClN2O2S. The second-order valence-electron chi connectivity index (χ2n) is 5.31. The summed E-state index contributed by atoms with van der Waals surface area (Å²) in [6.45, 7) is 2.59. The molecule has 4 nitrogen and oxygen atoms in total. The minimum absolute atomic E-state index is 0.142. The van der Waals surface area contributed by atoms with E-state index in [9.17, 15) is 4.79 Å². The van der Waals surface area contributed by atoms with Crippen LogP contribution in [-0.4, -0.2) is 17.5 Å². The van der Waals surface area contributed by atoms with Crippen molar-refractivity contribution in [3.63, 3.8) is 0 Å². The minimum Gasteiger partial charge on any atom is -0.494 e. The van der Waals surface area contributed by atoms with Crippen molar-refractivity contribution in [2.24, 2.45) is 0 Å². The van der Waals surface area contributed by atoms with E-state index in [2.05, 4.69) is 10.3 Å². The molecule has 0 unspecified atom stereocenters. The molecule has 3 rings (SSSR count). The van der Waals surface area contributed by atoms with Gasteiger partial charge in [0.2, 0.25) is 5.91 Å². The minimum atomic E-state index is -0.142. The van der Waals surface area contributed by atoms with Crippen LogP contribution in [0.5, 0.6) is 5.75 Å². The SMILES string of the molecule is CCOc1ccc(-c2nc(CC(=O)Nc3ccccc3Cl)cs2)cc1. The summed E-state index contributed by atoms with van der Waals surface area (Å²) < 4.78 is 5.44. The van der Waals surface area contributed by atoms with Gasteiger partial charge in [-0.05, 0) is 43.3 Å². The molecule has 0 fully saturated rings. The van der Waals surface area contributed by atoms with Gasteiger partial charge in [0.1, 0.15) is 10.8 Å². The van der Waals surface area contributed by atoms with E-state index in [0.29, 0.717) is 17.3 Å².